The maximum Gasteiger partial charge on any atom is 0.315 e. The summed E-state index contributed by atoms with van der Waals surface area (Å²) in [5, 5.41) is 14.9. The standard InChI is InChI=1S/C18H28N2O3/c1-14-7-9-15(10-8-14)17(23-12-11-21)13-19-18(22)20-16-5-3-2-4-6-16/h7-10,16-17,21H,2-6,11-13H2,1H3,(H2,19,20,22). The van der Waals surface area contributed by atoms with Crippen LogP contribution in [0.3, 0.4) is 0 Å². The first-order chi connectivity index (χ1) is 11.2. The molecule has 1 aromatic rings. The maximum absolute atomic E-state index is 12.0. The van der Waals surface area contributed by atoms with Crippen LogP contribution >= 0.6 is 0 Å². The fourth-order valence-electron chi connectivity index (χ4n) is 2.92. The van der Waals surface area contributed by atoms with Crippen LogP contribution in [0.15, 0.2) is 24.3 Å². The van der Waals surface area contributed by atoms with Gasteiger partial charge in [0.1, 0.15) is 0 Å². The number of ether oxygens (including phenoxy) is 1. The van der Waals surface area contributed by atoms with Crippen molar-refractivity contribution in [2.45, 2.75) is 51.2 Å². The molecule has 0 saturated heterocycles. The summed E-state index contributed by atoms with van der Waals surface area (Å²) in [5.74, 6) is 0. The number of aryl methyl sites for hydroxylation is 1. The molecular formula is C18H28N2O3. The van der Waals surface area contributed by atoms with Gasteiger partial charge in [0.2, 0.25) is 0 Å². The Morgan fingerprint density at radius 1 is 1.26 bits per heavy atom. The molecule has 1 aromatic carbocycles. The summed E-state index contributed by atoms with van der Waals surface area (Å²) in [6.07, 6.45) is 5.53. The summed E-state index contributed by atoms with van der Waals surface area (Å²) in [5.41, 5.74) is 2.18. The average Bonchev–Trinajstić information content (AvgIpc) is 2.57. The topological polar surface area (TPSA) is 70.6 Å². The highest BCUT2D eigenvalue weighted by molar-refractivity contribution is 5.74. The molecule has 1 fully saturated rings. The largest absolute Gasteiger partial charge is 0.394 e. The molecule has 1 saturated carbocycles. The molecule has 1 aliphatic rings. The summed E-state index contributed by atoms with van der Waals surface area (Å²) in [6, 6.07) is 8.19. The van der Waals surface area contributed by atoms with Gasteiger partial charge in [-0.25, -0.2) is 4.79 Å². The lowest BCUT2D eigenvalue weighted by Gasteiger charge is -2.24. The summed E-state index contributed by atoms with van der Waals surface area (Å²) in [6.45, 7) is 2.64. The lowest BCUT2D eigenvalue weighted by molar-refractivity contribution is 0.0294. The molecule has 2 rings (SSSR count). The number of carbonyl (C=O) groups excluding carboxylic acids is 1. The molecule has 0 bridgehead atoms. The smallest absolute Gasteiger partial charge is 0.315 e. The van der Waals surface area contributed by atoms with Gasteiger partial charge in [-0.15, -0.1) is 0 Å². The van der Waals surface area contributed by atoms with Crippen LogP contribution in [0, 0.1) is 6.92 Å². The zero-order valence-corrected chi connectivity index (χ0v) is 13.9. The molecule has 0 aromatic heterocycles. The Morgan fingerprint density at radius 3 is 2.61 bits per heavy atom. The van der Waals surface area contributed by atoms with E-state index < -0.39 is 0 Å². The first-order valence-corrected chi connectivity index (χ1v) is 8.52. The number of amides is 2. The van der Waals surface area contributed by atoms with Gasteiger partial charge < -0.3 is 20.5 Å². The van der Waals surface area contributed by atoms with Gasteiger partial charge >= 0.3 is 6.03 Å². The van der Waals surface area contributed by atoms with Crippen LogP contribution in [-0.4, -0.2) is 36.9 Å². The predicted molar refractivity (Wildman–Crippen MR) is 90.4 cm³/mol. The number of aliphatic hydroxyl groups is 1. The van der Waals surface area contributed by atoms with Gasteiger partial charge in [0.15, 0.2) is 0 Å². The number of carbonyl (C=O) groups is 1. The van der Waals surface area contributed by atoms with Crippen molar-refractivity contribution in [2.75, 3.05) is 19.8 Å². The first kappa shape index (κ1) is 17.8. The molecule has 2 amide bonds. The van der Waals surface area contributed by atoms with Crippen LogP contribution in [-0.2, 0) is 4.74 Å². The maximum atomic E-state index is 12.0. The molecule has 1 unspecified atom stereocenters. The number of urea groups is 1. The molecule has 1 aliphatic carbocycles. The average molecular weight is 320 g/mol. The van der Waals surface area contributed by atoms with Crippen LogP contribution in [0.1, 0.15) is 49.3 Å². The molecular weight excluding hydrogens is 292 g/mol. The monoisotopic (exact) mass is 320 g/mol. The van der Waals surface area contributed by atoms with Crippen LogP contribution in [0.4, 0.5) is 4.79 Å². The van der Waals surface area contributed by atoms with Crippen molar-refractivity contribution in [1.82, 2.24) is 10.6 Å². The van der Waals surface area contributed by atoms with E-state index in [1.54, 1.807) is 0 Å². The second-order valence-corrected chi connectivity index (χ2v) is 6.18. The van der Waals surface area contributed by atoms with Gasteiger partial charge in [0.25, 0.3) is 0 Å². The number of benzene rings is 1. The fraction of sp³-hybridized carbons (Fsp3) is 0.611. The molecule has 0 aliphatic heterocycles. The molecule has 23 heavy (non-hydrogen) atoms. The van der Waals surface area contributed by atoms with Crippen LogP contribution < -0.4 is 10.6 Å². The minimum absolute atomic E-state index is 0.0311. The minimum Gasteiger partial charge on any atom is -0.394 e. The zero-order chi connectivity index (χ0) is 16.5. The first-order valence-electron chi connectivity index (χ1n) is 8.52. The Hall–Kier alpha value is -1.59. The molecule has 3 N–H and O–H groups in total. The van der Waals surface area contributed by atoms with Crippen LogP contribution in [0.5, 0.6) is 0 Å². The van der Waals surface area contributed by atoms with Crippen molar-refractivity contribution in [3.05, 3.63) is 35.4 Å². The third kappa shape index (κ3) is 6.20. The van der Waals surface area contributed by atoms with Gasteiger partial charge in [-0.3, -0.25) is 0 Å². The molecule has 0 heterocycles. The third-order valence-corrected chi connectivity index (χ3v) is 4.25. The lowest BCUT2D eigenvalue weighted by atomic mass is 9.96. The van der Waals surface area contributed by atoms with Crippen molar-refractivity contribution in [2.24, 2.45) is 0 Å². The minimum atomic E-state index is -0.250. The van der Waals surface area contributed by atoms with Crippen molar-refractivity contribution in [3.8, 4) is 0 Å². The molecule has 1 atom stereocenters. The Kier molecular flexibility index (Phi) is 7.36. The molecule has 5 heteroatoms. The molecule has 0 radical (unpaired) electrons. The Bertz CT molecular complexity index is 470. The Balaban J connectivity index is 1.84. The van der Waals surface area contributed by atoms with Gasteiger partial charge in [-0.05, 0) is 25.3 Å². The highest BCUT2D eigenvalue weighted by atomic mass is 16.5. The Labute approximate surface area is 138 Å². The Morgan fingerprint density at radius 2 is 1.96 bits per heavy atom. The number of aliphatic hydroxyl groups excluding tert-OH is 1. The second-order valence-electron chi connectivity index (χ2n) is 6.18. The van der Waals surface area contributed by atoms with Crippen molar-refractivity contribution in [1.29, 1.82) is 0 Å². The highest BCUT2D eigenvalue weighted by Crippen LogP contribution is 2.18. The molecule has 128 valence electrons. The summed E-state index contributed by atoms with van der Waals surface area (Å²) < 4.78 is 5.67. The van der Waals surface area contributed by atoms with E-state index in [1.165, 1.54) is 24.8 Å². The molecule has 0 spiro atoms. The number of rotatable bonds is 7. The summed E-state index contributed by atoms with van der Waals surface area (Å²) in [4.78, 5) is 12.0. The van der Waals surface area contributed by atoms with Crippen molar-refractivity contribution < 1.29 is 14.6 Å². The summed E-state index contributed by atoms with van der Waals surface area (Å²) in [7, 11) is 0. The quantitative estimate of drug-likeness (QED) is 0.723. The van der Waals surface area contributed by atoms with Gasteiger partial charge in [-0.1, -0.05) is 49.1 Å². The van der Waals surface area contributed by atoms with Crippen LogP contribution in [0.2, 0.25) is 0 Å². The van der Waals surface area contributed by atoms with E-state index in [4.69, 9.17) is 9.84 Å². The number of nitrogens with one attached hydrogen (secondary N) is 2. The van der Waals surface area contributed by atoms with Crippen molar-refractivity contribution in [3.63, 3.8) is 0 Å². The second kappa shape index (κ2) is 9.53. The number of hydrogen-bond acceptors (Lipinski definition) is 3. The van der Waals surface area contributed by atoms with Gasteiger partial charge in [0.05, 0.1) is 19.3 Å². The number of hydrogen-bond donors (Lipinski definition) is 3. The van der Waals surface area contributed by atoms with E-state index in [9.17, 15) is 4.79 Å². The van der Waals surface area contributed by atoms with Gasteiger partial charge in [-0.2, -0.15) is 0 Å². The van der Waals surface area contributed by atoms with Crippen LogP contribution in [0.25, 0.3) is 0 Å². The predicted octanol–water partition coefficient (Wildman–Crippen LogP) is 2.68. The van der Waals surface area contributed by atoms with E-state index in [2.05, 4.69) is 10.6 Å². The lowest BCUT2D eigenvalue weighted by Crippen LogP contribution is -2.44. The van der Waals surface area contributed by atoms with Gasteiger partial charge in [0, 0.05) is 12.6 Å². The van der Waals surface area contributed by atoms with E-state index in [-0.39, 0.29) is 25.3 Å². The van der Waals surface area contributed by atoms with E-state index in [1.807, 2.05) is 31.2 Å². The fourth-order valence-corrected chi connectivity index (χ4v) is 2.92. The van der Waals surface area contributed by atoms with Crippen molar-refractivity contribution >= 4 is 6.03 Å². The highest BCUT2D eigenvalue weighted by Gasteiger charge is 2.17. The van der Waals surface area contributed by atoms with E-state index >= 15 is 0 Å². The summed E-state index contributed by atoms with van der Waals surface area (Å²) >= 11 is 0. The third-order valence-electron chi connectivity index (χ3n) is 4.25. The SMILES string of the molecule is Cc1ccc(C(CNC(=O)NC2CCCCC2)OCCO)cc1. The zero-order valence-electron chi connectivity index (χ0n) is 13.9. The normalized spacial score (nSPS) is 16.8. The van der Waals surface area contributed by atoms with E-state index in [0.717, 1.165) is 18.4 Å². The van der Waals surface area contributed by atoms with E-state index in [0.29, 0.717) is 12.6 Å². The molecule has 5 nitrogen and oxygen atoms in total.